The standard InChI is InChI=1S/C14H26N4.HI/c1-15-14(17-12-6-4-5-7-12)16-10-13(18(2)3)11-8-9-11;/h4-5,11-13H,6-10H2,1-3H3,(H2,15,16,17);1H. The molecule has 0 aromatic carbocycles. The second-order valence-corrected chi connectivity index (χ2v) is 5.61. The van der Waals surface area contributed by atoms with Gasteiger partial charge in [0.25, 0.3) is 0 Å². The van der Waals surface area contributed by atoms with Gasteiger partial charge in [0.2, 0.25) is 0 Å². The Balaban J connectivity index is 0.00000180. The van der Waals surface area contributed by atoms with Gasteiger partial charge in [-0.1, -0.05) is 12.2 Å². The SMILES string of the molecule is CN=C(NCC(C1CC1)N(C)C)NC1CC=CC1.I. The van der Waals surface area contributed by atoms with Crippen LogP contribution in [-0.2, 0) is 0 Å². The van der Waals surface area contributed by atoms with Gasteiger partial charge in [-0.2, -0.15) is 0 Å². The molecule has 1 fully saturated rings. The summed E-state index contributed by atoms with van der Waals surface area (Å²) in [5.74, 6) is 1.81. The number of guanidine groups is 1. The fourth-order valence-corrected chi connectivity index (χ4v) is 2.58. The molecule has 19 heavy (non-hydrogen) atoms. The number of hydrogen-bond donors (Lipinski definition) is 2. The number of nitrogens with one attached hydrogen (secondary N) is 2. The monoisotopic (exact) mass is 378 g/mol. The topological polar surface area (TPSA) is 39.7 Å². The van der Waals surface area contributed by atoms with Crippen LogP contribution in [0, 0.1) is 5.92 Å². The zero-order valence-electron chi connectivity index (χ0n) is 12.2. The fraction of sp³-hybridized carbons (Fsp3) is 0.786. The van der Waals surface area contributed by atoms with Crippen LogP contribution in [0.5, 0.6) is 0 Å². The third-order valence-corrected chi connectivity index (χ3v) is 3.88. The van der Waals surface area contributed by atoms with Crippen molar-refractivity contribution >= 4 is 29.9 Å². The van der Waals surface area contributed by atoms with Gasteiger partial charge >= 0.3 is 0 Å². The van der Waals surface area contributed by atoms with E-state index in [4.69, 9.17) is 0 Å². The largest absolute Gasteiger partial charge is 0.355 e. The highest BCUT2D eigenvalue weighted by Crippen LogP contribution is 2.34. The number of rotatable bonds is 5. The van der Waals surface area contributed by atoms with Gasteiger partial charge in [-0.25, -0.2) is 0 Å². The van der Waals surface area contributed by atoms with Gasteiger partial charge in [0.05, 0.1) is 0 Å². The van der Waals surface area contributed by atoms with Gasteiger partial charge < -0.3 is 15.5 Å². The molecule has 0 heterocycles. The van der Waals surface area contributed by atoms with Crippen LogP contribution in [0.1, 0.15) is 25.7 Å². The van der Waals surface area contributed by atoms with Crippen LogP contribution in [0.2, 0.25) is 0 Å². The lowest BCUT2D eigenvalue weighted by Crippen LogP contribution is -2.48. The molecule has 0 aromatic heterocycles. The summed E-state index contributed by atoms with van der Waals surface area (Å²) in [6.45, 7) is 0.984. The molecule has 110 valence electrons. The third-order valence-electron chi connectivity index (χ3n) is 3.88. The van der Waals surface area contributed by atoms with Crippen molar-refractivity contribution < 1.29 is 0 Å². The maximum atomic E-state index is 4.31. The van der Waals surface area contributed by atoms with E-state index in [1.165, 1.54) is 12.8 Å². The normalized spacial score (nSPS) is 21.4. The Hall–Kier alpha value is -0.300. The molecule has 0 spiro atoms. The van der Waals surface area contributed by atoms with Crippen molar-refractivity contribution in [1.29, 1.82) is 0 Å². The van der Waals surface area contributed by atoms with E-state index in [0.29, 0.717) is 12.1 Å². The summed E-state index contributed by atoms with van der Waals surface area (Å²) in [6, 6.07) is 1.15. The number of halogens is 1. The third kappa shape index (κ3) is 5.30. The summed E-state index contributed by atoms with van der Waals surface area (Å²) >= 11 is 0. The van der Waals surface area contributed by atoms with Gasteiger partial charge in [-0.15, -0.1) is 24.0 Å². The van der Waals surface area contributed by atoms with E-state index in [1.807, 2.05) is 7.05 Å². The molecular formula is C14H27IN4. The molecule has 4 nitrogen and oxygen atoms in total. The van der Waals surface area contributed by atoms with Crippen molar-refractivity contribution in [3.8, 4) is 0 Å². The molecule has 0 aromatic rings. The lowest BCUT2D eigenvalue weighted by Gasteiger charge is -2.26. The molecule has 0 radical (unpaired) electrons. The molecule has 0 bridgehead atoms. The van der Waals surface area contributed by atoms with Crippen molar-refractivity contribution in [2.75, 3.05) is 27.7 Å². The van der Waals surface area contributed by atoms with Crippen LogP contribution in [0.4, 0.5) is 0 Å². The second kappa shape index (κ2) is 8.09. The van der Waals surface area contributed by atoms with Gasteiger partial charge in [-0.05, 0) is 45.7 Å². The number of aliphatic imine (C=N–C) groups is 1. The van der Waals surface area contributed by atoms with Crippen molar-refractivity contribution in [3.63, 3.8) is 0 Å². The maximum Gasteiger partial charge on any atom is 0.191 e. The second-order valence-electron chi connectivity index (χ2n) is 5.61. The lowest BCUT2D eigenvalue weighted by molar-refractivity contribution is 0.264. The molecule has 2 aliphatic carbocycles. The molecule has 1 saturated carbocycles. The number of hydrogen-bond acceptors (Lipinski definition) is 2. The summed E-state index contributed by atoms with van der Waals surface area (Å²) in [6.07, 6.45) is 9.45. The van der Waals surface area contributed by atoms with Crippen molar-refractivity contribution in [3.05, 3.63) is 12.2 Å². The summed E-state index contributed by atoms with van der Waals surface area (Å²) < 4.78 is 0. The molecule has 5 heteroatoms. The van der Waals surface area contributed by atoms with Gasteiger partial charge in [0, 0.05) is 25.7 Å². The van der Waals surface area contributed by atoms with E-state index in [-0.39, 0.29) is 24.0 Å². The van der Waals surface area contributed by atoms with E-state index in [2.05, 4.69) is 46.8 Å². The minimum Gasteiger partial charge on any atom is -0.355 e. The van der Waals surface area contributed by atoms with Crippen molar-refractivity contribution in [1.82, 2.24) is 15.5 Å². The summed E-state index contributed by atoms with van der Waals surface area (Å²) in [5, 5.41) is 6.95. The maximum absolute atomic E-state index is 4.31. The molecule has 1 unspecified atom stereocenters. The Bertz CT molecular complexity index is 313. The fourth-order valence-electron chi connectivity index (χ4n) is 2.58. The first-order valence-electron chi connectivity index (χ1n) is 6.99. The Labute approximate surface area is 134 Å². The first-order chi connectivity index (χ1) is 8.70. The average molecular weight is 378 g/mol. The van der Waals surface area contributed by atoms with E-state index in [0.717, 1.165) is 31.3 Å². The van der Waals surface area contributed by atoms with E-state index in [9.17, 15) is 0 Å². The first-order valence-corrected chi connectivity index (χ1v) is 6.99. The molecule has 2 rings (SSSR count). The van der Waals surface area contributed by atoms with Crippen LogP contribution in [-0.4, -0.2) is 50.6 Å². The van der Waals surface area contributed by atoms with Crippen molar-refractivity contribution in [2.45, 2.75) is 37.8 Å². The Kier molecular flexibility index (Phi) is 7.13. The minimum absolute atomic E-state index is 0. The predicted molar refractivity (Wildman–Crippen MR) is 92.3 cm³/mol. The lowest BCUT2D eigenvalue weighted by atomic mass is 10.1. The minimum atomic E-state index is 0. The molecular weight excluding hydrogens is 351 g/mol. The summed E-state index contributed by atoms with van der Waals surface area (Å²) in [7, 11) is 6.18. The Morgan fingerprint density at radius 1 is 1.32 bits per heavy atom. The Morgan fingerprint density at radius 3 is 2.42 bits per heavy atom. The number of likely N-dealkylation sites (N-methyl/N-ethyl adjacent to an activating group) is 1. The van der Waals surface area contributed by atoms with Crippen LogP contribution in [0.25, 0.3) is 0 Å². The molecule has 0 saturated heterocycles. The highest BCUT2D eigenvalue weighted by molar-refractivity contribution is 14.0. The summed E-state index contributed by atoms with van der Waals surface area (Å²) in [4.78, 5) is 6.64. The Morgan fingerprint density at radius 2 is 1.95 bits per heavy atom. The molecule has 0 aliphatic heterocycles. The van der Waals surface area contributed by atoms with Gasteiger partial charge in [0.1, 0.15) is 0 Å². The van der Waals surface area contributed by atoms with E-state index in [1.54, 1.807) is 0 Å². The summed E-state index contributed by atoms with van der Waals surface area (Å²) in [5.41, 5.74) is 0. The molecule has 0 amide bonds. The molecule has 2 aliphatic rings. The van der Waals surface area contributed by atoms with E-state index < -0.39 is 0 Å². The van der Waals surface area contributed by atoms with Crippen molar-refractivity contribution in [2.24, 2.45) is 10.9 Å². The predicted octanol–water partition coefficient (Wildman–Crippen LogP) is 1.83. The van der Waals surface area contributed by atoms with Crippen LogP contribution in [0.3, 0.4) is 0 Å². The highest BCUT2D eigenvalue weighted by atomic mass is 127. The van der Waals surface area contributed by atoms with Gasteiger partial charge in [-0.3, -0.25) is 4.99 Å². The van der Waals surface area contributed by atoms with Crippen LogP contribution < -0.4 is 10.6 Å². The first kappa shape index (κ1) is 16.8. The van der Waals surface area contributed by atoms with E-state index >= 15 is 0 Å². The molecule has 1 atom stereocenters. The zero-order chi connectivity index (χ0) is 13.0. The van der Waals surface area contributed by atoms with Crippen LogP contribution >= 0.6 is 24.0 Å². The molecule has 2 N–H and O–H groups in total. The number of nitrogens with zero attached hydrogens (tertiary/aromatic N) is 2. The smallest absolute Gasteiger partial charge is 0.191 e. The highest BCUT2D eigenvalue weighted by Gasteiger charge is 2.32. The average Bonchev–Trinajstić information content (AvgIpc) is 3.04. The van der Waals surface area contributed by atoms with Gasteiger partial charge in [0.15, 0.2) is 5.96 Å². The van der Waals surface area contributed by atoms with Crippen LogP contribution in [0.15, 0.2) is 17.1 Å². The quantitative estimate of drug-likeness (QED) is 0.332. The zero-order valence-corrected chi connectivity index (χ0v) is 14.6.